The topological polar surface area (TPSA) is 63.8 Å². The van der Waals surface area contributed by atoms with Gasteiger partial charge in [-0.2, -0.15) is 4.98 Å². The highest BCUT2D eigenvalue weighted by atomic mass is 35.5. The zero-order valence-electron chi connectivity index (χ0n) is 11.0. The number of hydrogen-bond donors (Lipinski definition) is 2. The molecular formula is C13H21ClN4. The molecule has 1 aromatic rings. The van der Waals surface area contributed by atoms with E-state index in [9.17, 15) is 0 Å². The maximum atomic E-state index is 5.98. The first-order valence-electron chi connectivity index (χ1n) is 6.66. The first-order chi connectivity index (χ1) is 8.60. The second-order valence-electron chi connectivity index (χ2n) is 5.11. The zero-order chi connectivity index (χ0) is 13.1. The second kappa shape index (κ2) is 5.74. The van der Waals surface area contributed by atoms with Gasteiger partial charge in [-0.25, -0.2) is 4.98 Å². The molecule has 5 heteroatoms. The predicted octanol–water partition coefficient (Wildman–Crippen LogP) is 3.40. The van der Waals surface area contributed by atoms with Crippen LogP contribution in [-0.4, -0.2) is 16.0 Å². The summed E-state index contributed by atoms with van der Waals surface area (Å²) in [7, 11) is 0. The Morgan fingerprint density at radius 2 is 1.94 bits per heavy atom. The van der Waals surface area contributed by atoms with Crippen LogP contribution in [0.5, 0.6) is 0 Å². The summed E-state index contributed by atoms with van der Waals surface area (Å²) < 4.78 is 0. The summed E-state index contributed by atoms with van der Waals surface area (Å²) in [5, 5.41) is 3.67. The van der Waals surface area contributed by atoms with Crippen LogP contribution in [0, 0.1) is 12.8 Å². The lowest BCUT2D eigenvalue weighted by atomic mass is 9.84. The molecule has 0 radical (unpaired) electrons. The highest BCUT2D eigenvalue weighted by Gasteiger charge is 2.21. The van der Waals surface area contributed by atoms with E-state index in [1.807, 2.05) is 6.92 Å². The van der Waals surface area contributed by atoms with Crippen LogP contribution in [0.25, 0.3) is 0 Å². The Bertz CT molecular complexity index is 414. The van der Waals surface area contributed by atoms with E-state index in [2.05, 4.69) is 22.2 Å². The van der Waals surface area contributed by atoms with Crippen molar-refractivity contribution in [1.29, 1.82) is 0 Å². The molecule has 1 fully saturated rings. The van der Waals surface area contributed by atoms with Gasteiger partial charge in [0.2, 0.25) is 5.28 Å². The van der Waals surface area contributed by atoms with Gasteiger partial charge in [0.05, 0.1) is 11.4 Å². The minimum Gasteiger partial charge on any atom is -0.394 e. The quantitative estimate of drug-likeness (QED) is 0.825. The summed E-state index contributed by atoms with van der Waals surface area (Å²) in [6.07, 6.45) is 6.21. The summed E-state index contributed by atoms with van der Waals surface area (Å²) in [6, 6.07) is 0.459. The summed E-state index contributed by atoms with van der Waals surface area (Å²) in [4.78, 5) is 8.23. The lowest BCUT2D eigenvalue weighted by Gasteiger charge is -2.29. The maximum absolute atomic E-state index is 5.98. The average molecular weight is 269 g/mol. The van der Waals surface area contributed by atoms with Crippen molar-refractivity contribution in [2.45, 2.75) is 52.0 Å². The second-order valence-corrected chi connectivity index (χ2v) is 5.45. The Kier molecular flexibility index (Phi) is 4.27. The third-order valence-electron chi connectivity index (χ3n) is 3.87. The smallest absolute Gasteiger partial charge is 0.224 e. The van der Waals surface area contributed by atoms with Crippen LogP contribution in [0.2, 0.25) is 5.28 Å². The molecule has 1 aromatic heterocycles. The minimum atomic E-state index is 0.256. The number of nitrogens with one attached hydrogen (secondary N) is 1. The molecule has 2 rings (SSSR count). The van der Waals surface area contributed by atoms with Gasteiger partial charge < -0.3 is 11.1 Å². The molecule has 0 aromatic carbocycles. The van der Waals surface area contributed by atoms with E-state index in [0.29, 0.717) is 17.5 Å². The van der Waals surface area contributed by atoms with Crippen LogP contribution in [0.4, 0.5) is 11.5 Å². The number of nitrogens with two attached hydrogens (primary N) is 1. The molecule has 0 saturated heterocycles. The zero-order valence-corrected chi connectivity index (χ0v) is 11.8. The fraction of sp³-hybridized carbons (Fsp3) is 0.692. The van der Waals surface area contributed by atoms with Gasteiger partial charge in [0.15, 0.2) is 5.82 Å². The molecule has 0 spiro atoms. The van der Waals surface area contributed by atoms with Crippen LogP contribution >= 0.6 is 11.6 Å². The molecule has 0 aliphatic heterocycles. The van der Waals surface area contributed by atoms with Gasteiger partial charge in [-0.1, -0.05) is 13.3 Å². The van der Waals surface area contributed by atoms with Gasteiger partial charge in [0.1, 0.15) is 0 Å². The Labute approximate surface area is 113 Å². The monoisotopic (exact) mass is 268 g/mol. The summed E-state index contributed by atoms with van der Waals surface area (Å²) >= 11 is 5.87. The van der Waals surface area contributed by atoms with Gasteiger partial charge in [-0.05, 0) is 50.1 Å². The van der Waals surface area contributed by atoms with Crippen LogP contribution < -0.4 is 11.1 Å². The van der Waals surface area contributed by atoms with Crippen molar-refractivity contribution >= 4 is 23.1 Å². The molecule has 1 saturated carbocycles. The summed E-state index contributed by atoms with van der Waals surface area (Å²) in [5.74, 6) is 1.57. The normalized spacial score (nSPS) is 23.9. The molecule has 0 bridgehead atoms. The Morgan fingerprint density at radius 3 is 2.56 bits per heavy atom. The van der Waals surface area contributed by atoms with Crippen LogP contribution in [0.1, 0.15) is 44.7 Å². The van der Waals surface area contributed by atoms with E-state index < -0.39 is 0 Å². The van der Waals surface area contributed by atoms with Crippen molar-refractivity contribution in [3.8, 4) is 0 Å². The highest BCUT2D eigenvalue weighted by Crippen LogP contribution is 2.30. The Hall–Kier alpha value is -1.03. The van der Waals surface area contributed by atoms with E-state index in [4.69, 9.17) is 17.3 Å². The third-order valence-corrected chi connectivity index (χ3v) is 4.04. The van der Waals surface area contributed by atoms with E-state index in [1.165, 1.54) is 32.1 Å². The predicted molar refractivity (Wildman–Crippen MR) is 75.9 cm³/mol. The lowest BCUT2D eigenvalue weighted by Crippen LogP contribution is -2.27. The van der Waals surface area contributed by atoms with Crippen LogP contribution in [0.3, 0.4) is 0 Å². The first kappa shape index (κ1) is 13.4. The minimum absolute atomic E-state index is 0.256. The van der Waals surface area contributed by atoms with Crippen LogP contribution in [0.15, 0.2) is 0 Å². The first-order valence-corrected chi connectivity index (χ1v) is 7.04. The molecule has 18 heavy (non-hydrogen) atoms. The largest absolute Gasteiger partial charge is 0.394 e. The number of halogens is 1. The summed E-state index contributed by atoms with van der Waals surface area (Å²) in [5.41, 5.74) is 7.32. The summed E-state index contributed by atoms with van der Waals surface area (Å²) in [6.45, 7) is 4.12. The molecule has 100 valence electrons. The molecule has 4 nitrogen and oxygen atoms in total. The Balaban J connectivity index is 2.02. The molecule has 3 N–H and O–H groups in total. The van der Waals surface area contributed by atoms with Gasteiger partial charge in [0, 0.05) is 6.04 Å². The molecule has 1 heterocycles. The highest BCUT2D eigenvalue weighted by molar-refractivity contribution is 6.28. The number of hydrogen-bond acceptors (Lipinski definition) is 4. The van der Waals surface area contributed by atoms with E-state index in [-0.39, 0.29) is 5.28 Å². The SMILES string of the molecule is CCC1CCC(Nc2nc(Cl)nc(C)c2N)CC1. The molecule has 1 aliphatic rings. The maximum Gasteiger partial charge on any atom is 0.224 e. The van der Waals surface area contributed by atoms with Crippen molar-refractivity contribution < 1.29 is 0 Å². The number of aromatic nitrogens is 2. The third kappa shape index (κ3) is 3.05. The average Bonchev–Trinajstić information content (AvgIpc) is 2.36. The van der Waals surface area contributed by atoms with Gasteiger partial charge in [0.25, 0.3) is 0 Å². The Morgan fingerprint density at radius 1 is 1.28 bits per heavy atom. The van der Waals surface area contributed by atoms with Crippen molar-refractivity contribution in [3.05, 3.63) is 11.0 Å². The lowest BCUT2D eigenvalue weighted by molar-refractivity contribution is 0.330. The van der Waals surface area contributed by atoms with Crippen molar-refractivity contribution in [3.63, 3.8) is 0 Å². The fourth-order valence-corrected chi connectivity index (χ4v) is 2.78. The van der Waals surface area contributed by atoms with E-state index in [1.54, 1.807) is 0 Å². The molecule has 0 atom stereocenters. The van der Waals surface area contributed by atoms with Gasteiger partial charge in [-0.15, -0.1) is 0 Å². The number of anilines is 2. The number of rotatable bonds is 3. The molecule has 1 aliphatic carbocycles. The van der Waals surface area contributed by atoms with Crippen molar-refractivity contribution in [2.75, 3.05) is 11.1 Å². The van der Waals surface area contributed by atoms with Gasteiger partial charge in [-0.3, -0.25) is 0 Å². The van der Waals surface area contributed by atoms with E-state index in [0.717, 1.165) is 11.6 Å². The number of aryl methyl sites for hydroxylation is 1. The number of nitrogens with zero attached hydrogens (tertiary/aromatic N) is 2. The van der Waals surface area contributed by atoms with Gasteiger partial charge >= 0.3 is 0 Å². The van der Waals surface area contributed by atoms with E-state index >= 15 is 0 Å². The molecule has 0 unspecified atom stereocenters. The number of nitrogen functional groups attached to an aromatic ring is 1. The molecular weight excluding hydrogens is 248 g/mol. The standard InChI is InChI=1S/C13H21ClN4/c1-3-9-4-6-10(7-5-9)17-12-11(15)8(2)16-13(14)18-12/h9-10H,3-7,15H2,1-2H3,(H,16,17,18). The van der Waals surface area contributed by atoms with Crippen molar-refractivity contribution in [2.24, 2.45) is 5.92 Å². The molecule has 0 amide bonds. The van der Waals surface area contributed by atoms with Crippen molar-refractivity contribution in [1.82, 2.24) is 9.97 Å². The fourth-order valence-electron chi connectivity index (χ4n) is 2.57. The van der Waals surface area contributed by atoms with Crippen LogP contribution in [-0.2, 0) is 0 Å².